The van der Waals surface area contributed by atoms with Gasteiger partial charge >= 0.3 is 0 Å². The molecule has 1 unspecified atom stereocenters. The molecule has 1 fully saturated rings. The van der Waals surface area contributed by atoms with Gasteiger partial charge in [0, 0.05) is 36.0 Å². The molecule has 30 heavy (non-hydrogen) atoms. The van der Waals surface area contributed by atoms with E-state index in [4.69, 9.17) is 14.0 Å². The lowest BCUT2D eigenvalue weighted by molar-refractivity contribution is -0.117. The van der Waals surface area contributed by atoms with Crippen molar-refractivity contribution in [1.29, 1.82) is 0 Å². The first-order valence-electron chi connectivity index (χ1n) is 9.73. The number of amides is 1. The molecule has 4 aromatic rings. The zero-order valence-electron chi connectivity index (χ0n) is 15.9. The number of fused-ring (bicyclic) bond motifs is 2. The number of benzene rings is 2. The Morgan fingerprint density at radius 3 is 2.87 bits per heavy atom. The number of aromatic amines is 1. The van der Waals surface area contributed by atoms with Crippen molar-refractivity contribution in [3.05, 3.63) is 48.3 Å². The molecule has 4 heterocycles. The predicted molar refractivity (Wildman–Crippen MR) is 107 cm³/mol. The summed E-state index contributed by atoms with van der Waals surface area (Å²) in [7, 11) is 0. The van der Waals surface area contributed by atoms with Gasteiger partial charge in [0.05, 0.1) is 5.52 Å². The third kappa shape index (κ3) is 2.70. The first-order valence-corrected chi connectivity index (χ1v) is 9.73. The van der Waals surface area contributed by atoms with Crippen LogP contribution in [-0.2, 0) is 4.79 Å². The summed E-state index contributed by atoms with van der Waals surface area (Å²) in [6, 6.07) is 13.3. The summed E-state index contributed by atoms with van der Waals surface area (Å²) < 4.78 is 16.7. The van der Waals surface area contributed by atoms with Gasteiger partial charge in [0.2, 0.25) is 5.91 Å². The van der Waals surface area contributed by atoms with Crippen molar-refractivity contribution < 1.29 is 18.8 Å². The number of ether oxygens (including phenoxy) is 2. The van der Waals surface area contributed by atoms with Crippen molar-refractivity contribution in [3.63, 3.8) is 0 Å². The maximum absolute atomic E-state index is 12.7. The van der Waals surface area contributed by atoms with Crippen molar-refractivity contribution in [2.75, 3.05) is 24.7 Å². The van der Waals surface area contributed by atoms with Crippen LogP contribution >= 0.6 is 0 Å². The van der Waals surface area contributed by atoms with Crippen LogP contribution in [0.2, 0.25) is 0 Å². The Labute approximate surface area is 170 Å². The Morgan fingerprint density at radius 1 is 1.07 bits per heavy atom. The standard InChI is InChI=1S/C21H17N5O4/c27-18-9-12(11-26(18)13-5-6-16-17(10-13)29-8-7-28-16)20-22-21(30-25-20)19-14-3-1-2-4-15(14)23-24-19/h1-6,10,12H,7-9,11H2,(H,23,24). The van der Waals surface area contributed by atoms with Crippen LogP contribution in [-0.4, -0.2) is 46.0 Å². The Bertz CT molecular complexity index is 1260. The molecule has 2 aromatic carbocycles. The number of hydrogen-bond acceptors (Lipinski definition) is 7. The molecule has 9 heteroatoms. The van der Waals surface area contributed by atoms with Crippen LogP contribution in [0.4, 0.5) is 5.69 Å². The predicted octanol–water partition coefficient (Wildman–Crippen LogP) is 2.90. The van der Waals surface area contributed by atoms with Gasteiger partial charge in [0.1, 0.15) is 13.2 Å². The lowest BCUT2D eigenvalue weighted by Gasteiger charge is -2.22. The van der Waals surface area contributed by atoms with E-state index in [2.05, 4.69) is 20.3 Å². The zero-order chi connectivity index (χ0) is 20.1. The highest BCUT2D eigenvalue weighted by Gasteiger charge is 2.35. The van der Waals surface area contributed by atoms with E-state index in [-0.39, 0.29) is 11.8 Å². The Balaban J connectivity index is 1.26. The number of carbonyl (C=O) groups excluding carboxylic acids is 1. The summed E-state index contributed by atoms with van der Waals surface area (Å²) >= 11 is 0. The van der Waals surface area contributed by atoms with Crippen LogP contribution in [0.25, 0.3) is 22.5 Å². The molecule has 2 aliphatic heterocycles. The van der Waals surface area contributed by atoms with Crippen LogP contribution in [0.1, 0.15) is 18.2 Å². The van der Waals surface area contributed by atoms with E-state index in [9.17, 15) is 4.79 Å². The lowest BCUT2D eigenvalue weighted by atomic mass is 10.1. The zero-order valence-corrected chi connectivity index (χ0v) is 15.9. The van der Waals surface area contributed by atoms with Crippen LogP contribution < -0.4 is 14.4 Å². The molecule has 2 aliphatic rings. The van der Waals surface area contributed by atoms with Crippen molar-refractivity contribution in [3.8, 4) is 23.1 Å². The molecule has 0 spiro atoms. The number of hydrogen-bond donors (Lipinski definition) is 1. The average Bonchev–Trinajstić information content (AvgIpc) is 3.51. The van der Waals surface area contributed by atoms with Crippen LogP contribution in [0.3, 0.4) is 0 Å². The summed E-state index contributed by atoms with van der Waals surface area (Å²) in [4.78, 5) is 18.9. The largest absolute Gasteiger partial charge is 0.486 e. The number of anilines is 1. The Hall–Kier alpha value is -3.88. The monoisotopic (exact) mass is 403 g/mol. The molecular formula is C21H17N5O4. The molecule has 1 saturated heterocycles. The quantitative estimate of drug-likeness (QED) is 0.560. The number of aromatic nitrogens is 4. The van der Waals surface area contributed by atoms with Crippen molar-refractivity contribution in [2.45, 2.75) is 12.3 Å². The van der Waals surface area contributed by atoms with Crippen LogP contribution in [0.5, 0.6) is 11.5 Å². The fraction of sp³-hybridized carbons (Fsp3) is 0.238. The van der Waals surface area contributed by atoms with Gasteiger partial charge in [-0.1, -0.05) is 23.4 Å². The fourth-order valence-electron chi connectivity index (χ4n) is 3.95. The van der Waals surface area contributed by atoms with E-state index in [1.165, 1.54) is 0 Å². The molecule has 0 radical (unpaired) electrons. The number of carbonyl (C=O) groups is 1. The van der Waals surface area contributed by atoms with Crippen molar-refractivity contribution in [1.82, 2.24) is 20.3 Å². The maximum atomic E-state index is 12.7. The highest BCUT2D eigenvalue weighted by molar-refractivity contribution is 5.96. The SMILES string of the molecule is O=C1CC(c2noc(-c3n[nH]c4ccccc34)n2)CN1c1ccc2c(c1)OCCO2. The Morgan fingerprint density at radius 2 is 1.93 bits per heavy atom. The highest BCUT2D eigenvalue weighted by Crippen LogP contribution is 2.37. The summed E-state index contributed by atoms with van der Waals surface area (Å²) in [6.07, 6.45) is 0.314. The number of rotatable bonds is 3. The minimum absolute atomic E-state index is 0.00764. The second-order valence-electron chi connectivity index (χ2n) is 7.31. The third-order valence-electron chi connectivity index (χ3n) is 5.44. The van der Waals surface area contributed by atoms with Crippen molar-refractivity contribution >= 4 is 22.5 Å². The van der Waals surface area contributed by atoms with Gasteiger partial charge in [0.25, 0.3) is 5.89 Å². The van der Waals surface area contributed by atoms with E-state index in [0.29, 0.717) is 55.1 Å². The first-order chi connectivity index (χ1) is 14.8. The van der Waals surface area contributed by atoms with Crippen LogP contribution in [0, 0.1) is 0 Å². The smallest absolute Gasteiger partial charge is 0.279 e. The van der Waals surface area contributed by atoms with E-state index in [1.807, 2.05) is 42.5 Å². The normalized spacial score (nSPS) is 18.3. The lowest BCUT2D eigenvalue weighted by Crippen LogP contribution is -2.25. The van der Waals surface area contributed by atoms with Crippen molar-refractivity contribution in [2.24, 2.45) is 0 Å². The summed E-state index contributed by atoms with van der Waals surface area (Å²) in [6.45, 7) is 1.50. The molecule has 0 aliphatic carbocycles. The van der Waals surface area contributed by atoms with E-state index in [1.54, 1.807) is 4.90 Å². The van der Waals surface area contributed by atoms with Gasteiger partial charge in [-0.15, -0.1) is 0 Å². The summed E-state index contributed by atoms with van der Waals surface area (Å²) in [5.41, 5.74) is 2.28. The second-order valence-corrected chi connectivity index (χ2v) is 7.31. The minimum Gasteiger partial charge on any atom is -0.486 e. The first kappa shape index (κ1) is 17.0. The maximum Gasteiger partial charge on any atom is 0.279 e. The number of nitrogens with zero attached hydrogens (tertiary/aromatic N) is 4. The van der Waals surface area contributed by atoms with E-state index < -0.39 is 0 Å². The van der Waals surface area contributed by atoms with Crippen LogP contribution in [0.15, 0.2) is 47.0 Å². The molecular weight excluding hydrogens is 386 g/mol. The molecule has 1 atom stereocenters. The molecule has 1 N–H and O–H groups in total. The topological polar surface area (TPSA) is 106 Å². The number of H-pyrrole nitrogens is 1. The van der Waals surface area contributed by atoms with Gasteiger partial charge < -0.3 is 18.9 Å². The molecule has 2 aromatic heterocycles. The van der Waals surface area contributed by atoms with Gasteiger partial charge in [-0.3, -0.25) is 9.89 Å². The molecule has 1 amide bonds. The molecule has 150 valence electrons. The molecule has 0 bridgehead atoms. The third-order valence-corrected chi connectivity index (χ3v) is 5.44. The summed E-state index contributed by atoms with van der Waals surface area (Å²) in [5.74, 6) is 2.05. The minimum atomic E-state index is -0.159. The Kier molecular flexibility index (Phi) is 3.73. The van der Waals surface area contributed by atoms with Gasteiger partial charge in [-0.05, 0) is 18.2 Å². The number of para-hydroxylation sites is 1. The average molecular weight is 403 g/mol. The molecule has 9 nitrogen and oxygen atoms in total. The van der Waals surface area contributed by atoms with E-state index >= 15 is 0 Å². The molecule has 0 saturated carbocycles. The molecule has 6 rings (SSSR count). The van der Waals surface area contributed by atoms with E-state index in [0.717, 1.165) is 16.6 Å². The summed E-state index contributed by atoms with van der Waals surface area (Å²) in [5, 5.41) is 12.3. The van der Waals surface area contributed by atoms with Gasteiger partial charge in [-0.25, -0.2) is 0 Å². The number of nitrogens with one attached hydrogen (secondary N) is 1. The highest BCUT2D eigenvalue weighted by atomic mass is 16.6. The van der Waals surface area contributed by atoms with Gasteiger partial charge in [0.15, 0.2) is 23.0 Å². The fourth-order valence-corrected chi connectivity index (χ4v) is 3.95. The van der Waals surface area contributed by atoms with Gasteiger partial charge in [-0.2, -0.15) is 10.1 Å². The second kappa shape index (κ2) is 6.58.